The van der Waals surface area contributed by atoms with E-state index in [1.807, 2.05) is 4.68 Å². The fourth-order valence-electron chi connectivity index (χ4n) is 5.51. The Hall–Kier alpha value is -2.43. The number of nitrogens with one attached hydrogen (secondary N) is 1. The highest BCUT2D eigenvalue weighted by molar-refractivity contribution is 5.94. The third kappa shape index (κ3) is 4.60. The molecular weight excluding hydrogens is 389 g/mol. The molecule has 0 fully saturated rings. The standard InChI is InChI=1S/C26H34FN3O/c1-4-7-22-17(2)14-19(15-18(22)3)16-28-26(31)25-23-8-5-6-9-24(23)30(29-25)21-12-10-20(27)11-13-21/h10-14,17-18,22H,4-9,15-16H2,1-3H3,(H,28,31). The first-order chi connectivity index (χ1) is 15.0. The Morgan fingerprint density at radius 3 is 2.65 bits per heavy atom. The van der Waals surface area contributed by atoms with Gasteiger partial charge in [0.15, 0.2) is 5.69 Å². The third-order valence-electron chi connectivity index (χ3n) is 7.05. The summed E-state index contributed by atoms with van der Waals surface area (Å²) in [5, 5.41) is 7.82. The van der Waals surface area contributed by atoms with E-state index in [4.69, 9.17) is 0 Å². The van der Waals surface area contributed by atoms with Gasteiger partial charge in [0.2, 0.25) is 0 Å². The molecule has 0 bridgehead atoms. The van der Waals surface area contributed by atoms with E-state index in [1.165, 1.54) is 30.5 Å². The molecule has 2 aliphatic rings. The van der Waals surface area contributed by atoms with E-state index in [0.717, 1.165) is 55.0 Å². The van der Waals surface area contributed by atoms with Crippen LogP contribution in [0.25, 0.3) is 5.69 Å². The Balaban J connectivity index is 1.51. The quantitative estimate of drug-likeness (QED) is 0.611. The van der Waals surface area contributed by atoms with E-state index < -0.39 is 0 Å². The number of carbonyl (C=O) groups is 1. The largest absolute Gasteiger partial charge is 0.347 e. The molecule has 1 aromatic carbocycles. The summed E-state index contributed by atoms with van der Waals surface area (Å²) in [6, 6.07) is 6.33. The molecule has 0 spiro atoms. The number of rotatable bonds is 6. The number of hydrogen-bond donors (Lipinski definition) is 1. The van der Waals surface area contributed by atoms with Crippen molar-refractivity contribution in [3.63, 3.8) is 0 Å². The minimum atomic E-state index is -0.270. The summed E-state index contributed by atoms with van der Waals surface area (Å²) in [7, 11) is 0. The summed E-state index contributed by atoms with van der Waals surface area (Å²) in [5.74, 6) is 1.57. The Bertz CT molecular complexity index is 960. The van der Waals surface area contributed by atoms with Gasteiger partial charge in [-0.25, -0.2) is 9.07 Å². The Labute approximate surface area is 184 Å². The van der Waals surface area contributed by atoms with Crippen LogP contribution in [-0.2, 0) is 12.8 Å². The molecule has 4 nitrogen and oxygen atoms in total. The lowest BCUT2D eigenvalue weighted by Crippen LogP contribution is -2.31. The average molecular weight is 424 g/mol. The lowest BCUT2D eigenvalue weighted by atomic mass is 9.73. The van der Waals surface area contributed by atoms with E-state index in [2.05, 4.69) is 37.3 Å². The minimum absolute atomic E-state index is 0.101. The highest BCUT2D eigenvalue weighted by atomic mass is 19.1. The smallest absolute Gasteiger partial charge is 0.272 e. The summed E-state index contributed by atoms with van der Waals surface area (Å²) >= 11 is 0. The molecule has 3 unspecified atom stereocenters. The number of nitrogens with zero attached hydrogens (tertiary/aromatic N) is 2. The monoisotopic (exact) mass is 423 g/mol. The topological polar surface area (TPSA) is 46.9 Å². The van der Waals surface area contributed by atoms with Crippen LogP contribution in [0.3, 0.4) is 0 Å². The fraction of sp³-hybridized carbons (Fsp3) is 0.538. The Kier molecular flexibility index (Phi) is 6.59. The lowest BCUT2D eigenvalue weighted by molar-refractivity contribution is 0.0949. The minimum Gasteiger partial charge on any atom is -0.347 e. The van der Waals surface area contributed by atoms with Crippen molar-refractivity contribution in [2.45, 2.75) is 65.7 Å². The van der Waals surface area contributed by atoms with Gasteiger partial charge < -0.3 is 5.32 Å². The predicted molar refractivity (Wildman–Crippen MR) is 122 cm³/mol. The molecule has 3 atom stereocenters. The predicted octanol–water partition coefficient (Wildman–Crippen LogP) is 5.64. The molecule has 1 N–H and O–H groups in total. The van der Waals surface area contributed by atoms with E-state index in [9.17, 15) is 9.18 Å². The summed E-state index contributed by atoms with van der Waals surface area (Å²) in [4.78, 5) is 13.1. The van der Waals surface area contributed by atoms with Crippen molar-refractivity contribution in [2.24, 2.45) is 17.8 Å². The first kappa shape index (κ1) is 21.8. The molecule has 0 aliphatic heterocycles. The maximum atomic E-state index is 13.4. The van der Waals surface area contributed by atoms with Crippen LogP contribution in [0.15, 0.2) is 35.9 Å². The van der Waals surface area contributed by atoms with Gasteiger partial charge in [-0.15, -0.1) is 0 Å². The normalized spacial score (nSPS) is 23.2. The third-order valence-corrected chi connectivity index (χ3v) is 7.05. The van der Waals surface area contributed by atoms with Gasteiger partial charge >= 0.3 is 0 Å². The second-order valence-electron chi connectivity index (χ2n) is 9.37. The second-order valence-corrected chi connectivity index (χ2v) is 9.37. The van der Waals surface area contributed by atoms with Gasteiger partial charge in [0, 0.05) is 17.8 Å². The SMILES string of the molecule is CCCC1C(C)C=C(CNC(=O)c2nn(-c3ccc(F)cc3)c3c2CCCC3)CC1C. The van der Waals surface area contributed by atoms with Crippen LogP contribution < -0.4 is 5.32 Å². The fourth-order valence-corrected chi connectivity index (χ4v) is 5.51. The summed E-state index contributed by atoms with van der Waals surface area (Å²) < 4.78 is 15.2. The Morgan fingerprint density at radius 1 is 1.19 bits per heavy atom. The molecule has 1 aromatic heterocycles. The van der Waals surface area contributed by atoms with Crippen molar-refractivity contribution in [2.75, 3.05) is 6.54 Å². The number of benzene rings is 1. The van der Waals surface area contributed by atoms with Crippen LogP contribution in [0.4, 0.5) is 4.39 Å². The van der Waals surface area contributed by atoms with Gasteiger partial charge in [-0.1, -0.05) is 38.8 Å². The average Bonchev–Trinajstić information content (AvgIpc) is 3.15. The lowest BCUT2D eigenvalue weighted by Gasteiger charge is -2.33. The molecule has 2 aliphatic carbocycles. The zero-order valence-electron chi connectivity index (χ0n) is 19.0. The molecule has 5 heteroatoms. The maximum absolute atomic E-state index is 13.4. The number of aromatic nitrogens is 2. The number of allylic oxidation sites excluding steroid dienone is 1. The van der Waals surface area contributed by atoms with Crippen molar-refractivity contribution in [3.05, 3.63) is 58.7 Å². The van der Waals surface area contributed by atoms with E-state index >= 15 is 0 Å². The number of fused-ring (bicyclic) bond motifs is 1. The zero-order valence-corrected chi connectivity index (χ0v) is 19.0. The van der Waals surface area contributed by atoms with Crippen LogP contribution >= 0.6 is 0 Å². The molecule has 0 saturated carbocycles. The van der Waals surface area contributed by atoms with Crippen molar-refractivity contribution in [1.29, 1.82) is 0 Å². The Morgan fingerprint density at radius 2 is 1.94 bits per heavy atom. The highest BCUT2D eigenvalue weighted by Gasteiger charge is 2.28. The molecule has 4 rings (SSSR count). The first-order valence-electron chi connectivity index (χ1n) is 11.8. The van der Waals surface area contributed by atoms with Crippen LogP contribution in [0.2, 0.25) is 0 Å². The molecular formula is C26H34FN3O. The summed E-state index contributed by atoms with van der Waals surface area (Å²) in [5.41, 5.74) is 4.80. The molecule has 0 saturated heterocycles. The van der Waals surface area contributed by atoms with E-state index in [-0.39, 0.29) is 11.7 Å². The molecule has 0 radical (unpaired) electrons. The van der Waals surface area contributed by atoms with Gasteiger partial charge in [-0.05, 0) is 80.5 Å². The summed E-state index contributed by atoms with van der Waals surface area (Å²) in [6.45, 7) is 7.49. The van der Waals surface area contributed by atoms with Crippen molar-refractivity contribution < 1.29 is 9.18 Å². The van der Waals surface area contributed by atoms with Gasteiger partial charge in [-0.3, -0.25) is 4.79 Å². The molecule has 31 heavy (non-hydrogen) atoms. The number of amides is 1. The number of carbonyl (C=O) groups excluding carboxylic acids is 1. The van der Waals surface area contributed by atoms with Gasteiger partial charge in [0.1, 0.15) is 5.82 Å². The molecule has 1 heterocycles. The molecule has 166 valence electrons. The highest BCUT2D eigenvalue weighted by Crippen LogP contribution is 2.36. The summed E-state index contributed by atoms with van der Waals surface area (Å²) in [6.07, 6.45) is 9.84. The van der Waals surface area contributed by atoms with Gasteiger partial charge in [0.25, 0.3) is 5.91 Å². The van der Waals surface area contributed by atoms with Crippen LogP contribution in [0.5, 0.6) is 0 Å². The first-order valence-corrected chi connectivity index (χ1v) is 11.8. The maximum Gasteiger partial charge on any atom is 0.272 e. The van der Waals surface area contributed by atoms with Crippen molar-refractivity contribution in [3.8, 4) is 5.69 Å². The number of halogens is 1. The second kappa shape index (κ2) is 9.37. The van der Waals surface area contributed by atoms with Gasteiger partial charge in [0.05, 0.1) is 5.69 Å². The molecule has 2 aromatic rings. The van der Waals surface area contributed by atoms with E-state index in [0.29, 0.717) is 24.1 Å². The number of hydrogen-bond acceptors (Lipinski definition) is 2. The van der Waals surface area contributed by atoms with Crippen molar-refractivity contribution >= 4 is 5.91 Å². The van der Waals surface area contributed by atoms with Crippen LogP contribution in [-0.4, -0.2) is 22.2 Å². The van der Waals surface area contributed by atoms with Crippen molar-refractivity contribution in [1.82, 2.24) is 15.1 Å². The van der Waals surface area contributed by atoms with Crippen LogP contribution in [0, 0.1) is 23.6 Å². The van der Waals surface area contributed by atoms with Crippen LogP contribution in [0.1, 0.15) is 74.6 Å². The van der Waals surface area contributed by atoms with E-state index in [1.54, 1.807) is 12.1 Å². The molecule has 1 amide bonds. The zero-order chi connectivity index (χ0) is 22.0. The van der Waals surface area contributed by atoms with Gasteiger partial charge in [-0.2, -0.15) is 5.10 Å².